The Kier molecular flexibility index (Phi) is 5.90. The number of hydrogen-bond acceptors (Lipinski definition) is 2. The van der Waals surface area contributed by atoms with Gasteiger partial charge >= 0.3 is 0 Å². The molecule has 0 unspecified atom stereocenters. The van der Waals surface area contributed by atoms with E-state index < -0.39 is 0 Å². The number of aryl methyl sites for hydroxylation is 2. The van der Waals surface area contributed by atoms with E-state index in [4.69, 9.17) is 5.73 Å². The molecule has 2 rings (SSSR count). The zero-order valence-electron chi connectivity index (χ0n) is 11.0. The molecule has 0 radical (unpaired) electrons. The van der Waals surface area contributed by atoms with Crippen molar-refractivity contribution in [2.45, 2.75) is 32.7 Å². The molecule has 1 aliphatic carbocycles. The molecular formula is C12H22IN5. The molecule has 1 saturated carbocycles. The maximum Gasteiger partial charge on any atom is 0.188 e. The molecule has 18 heavy (non-hydrogen) atoms. The fraction of sp³-hybridized carbons (Fsp3) is 0.667. The van der Waals surface area contributed by atoms with Gasteiger partial charge in [-0.05, 0) is 31.7 Å². The monoisotopic (exact) mass is 363 g/mol. The molecule has 0 saturated heterocycles. The number of aromatic nitrogens is 2. The number of nitrogens with zero attached hydrogens (tertiary/aromatic N) is 3. The van der Waals surface area contributed by atoms with Crippen LogP contribution in [0.1, 0.15) is 30.7 Å². The maximum absolute atomic E-state index is 5.81. The second-order valence-electron chi connectivity index (χ2n) is 4.78. The number of hydrogen-bond donors (Lipinski definition) is 2. The van der Waals surface area contributed by atoms with Crippen molar-refractivity contribution >= 4 is 29.9 Å². The van der Waals surface area contributed by atoms with Crippen molar-refractivity contribution in [3.8, 4) is 0 Å². The van der Waals surface area contributed by atoms with Gasteiger partial charge < -0.3 is 11.1 Å². The summed E-state index contributed by atoms with van der Waals surface area (Å²) >= 11 is 0. The van der Waals surface area contributed by atoms with Crippen molar-refractivity contribution in [2.75, 3.05) is 6.54 Å². The molecule has 0 spiro atoms. The van der Waals surface area contributed by atoms with Crippen LogP contribution >= 0.6 is 24.0 Å². The Morgan fingerprint density at radius 2 is 2.33 bits per heavy atom. The van der Waals surface area contributed by atoms with Crippen LogP contribution in [-0.2, 0) is 13.6 Å². The first kappa shape index (κ1) is 15.3. The third kappa shape index (κ3) is 4.15. The Hall–Kier alpha value is -0.790. The molecular weight excluding hydrogens is 341 g/mol. The lowest BCUT2D eigenvalue weighted by atomic mass is 9.85. The normalized spacial score (nSPS) is 16.0. The van der Waals surface area contributed by atoms with Gasteiger partial charge in [0, 0.05) is 13.6 Å². The zero-order chi connectivity index (χ0) is 12.3. The van der Waals surface area contributed by atoms with Crippen LogP contribution < -0.4 is 11.1 Å². The van der Waals surface area contributed by atoms with Gasteiger partial charge in [-0.15, -0.1) is 24.0 Å². The number of halogens is 1. The van der Waals surface area contributed by atoms with Crippen LogP contribution in [0.5, 0.6) is 0 Å². The fourth-order valence-electron chi connectivity index (χ4n) is 1.98. The van der Waals surface area contributed by atoms with Gasteiger partial charge in [0.1, 0.15) is 0 Å². The summed E-state index contributed by atoms with van der Waals surface area (Å²) < 4.78 is 1.85. The third-order valence-electron chi connectivity index (χ3n) is 3.31. The third-order valence-corrected chi connectivity index (χ3v) is 3.31. The predicted octanol–water partition coefficient (Wildman–Crippen LogP) is 1.55. The second-order valence-corrected chi connectivity index (χ2v) is 4.78. The molecule has 0 aromatic carbocycles. The highest BCUT2D eigenvalue weighted by atomic mass is 127. The molecule has 1 aromatic rings. The van der Waals surface area contributed by atoms with Gasteiger partial charge in [-0.1, -0.05) is 6.42 Å². The van der Waals surface area contributed by atoms with Crippen LogP contribution in [0.2, 0.25) is 0 Å². The Balaban J connectivity index is 0.00000162. The molecule has 1 heterocycles. The lowest BCUT2D eigenvalue weighted by Gasteiger charge is -2.25. The van der Waals surface area contributed by atoms with Crippen molar-refractivity contribution in [3.05, 3.63) is 17.5 Å². The van der Waals surface area contributed by atoms with Gasteiger partial charge in [0.25, 0.3) is 0 Å². The molecule has 0 aliphatic heterocycles. The molecule has 1 aliphatic rings. The summed E-state index contributed by atoms with van der Waals surface area (Å²) in [6.45, 7) is 3.52. The highest BCUT2D eigenvalue weighted by Gasteiger charge is 2.16. The van der Waals surface area contributed by atoms with Gasteiger partial charge in [0.15, 0.2) is 5.96 Å². The topological polar surface area (TPSA) is 68.2 Å². The van der Waals surface area contributed by atoms with Crippen LogP contribution in [0.4, 0.5) is 0 Å². The van der Waals surface area contributed by atoms with E-state index in [2.05, 4.69) is 15.4 Å². The van der Waals surface area contributed by atoms with Gasteiger partial charge in [-0.3, -0.25) is 4.68 Å². The number of rotatable bonds is 4. The quantitative estimate of drug-likeness (QED) is 0.485. The van der Waals surface area contributed by atoms with Gasteiger partial charge in [0.05, 0.1) is 17.9 Å². The Labute approximate surface area is 125 Å². The summed E-state index contributed by atoms with van der Waals surface area (Å²) in [5.74, 6) is 1.33. The molecule has 0 atom stereocenters. The van der Waals surface area contributed by atoms with E-state index in [1.54, 1.807) is 0 Å². The lowest BCUT2D eigenvalue weighted by molar-refractivity contribution is 0.315. The molecule has 5 nitrogen and oxygen atoms in total. The molecule has 0 bridgehead atoms. The van der Waals surface area contributed by atoms with Crippen LogP contribution in [0.15, 0.2) is 11.1 Å². The molecule has 1 aromatic heterocycles. The maximum atomic E-state index is 5.81. The Bertz CT molecular complexity index is 409. The minimum Gasteiger partial charge on any atom is -0.370 e. The van der Waals surface area contributed by atoms with Crippen molar-refractivity contribution in [2.24, 2.45) is 23.7 Å². The van der Waals surface area contributed by atoms with Crippen LogP contribution in [-0.4, -0.2) is 22.3 Å². The largest absolute Gasteiger partial charge is 0.370 e. The summed E-state index contributed by atoms with van der Waals surface area (Å²) in [6, 6.07) is 2.03. The van der Waals surface area contributed by atoms with E-state index in [0.29, 0.717) is 12.5 Å². The van der Waals surface area contributed by atoms with Crippen molar-refractivity contribution in [3.63, 3.8) is 0 Å². The first-order valence-electron chi connectivity index (χ1n) is 6.18. The van der Waals surface area contributed by atoms with Gasteiger partial charge in [0.2, 0.25) is 0 Å². The van der Waals surface area contributed by atoms with Crippen LogP contribution in [0.3, 0.4) is 0 Å². The summed E-state index contributed by atoms with van der Waals surface area (Å²) in [5, 5.41) is 7.45. The van der Waals surface area contributed by atoms with Gasteiger partial charge in [-0.2, -0.15) is 5.10 Å². The first-order valence-corrected chi connectivity index (χ1v) is 6.18. The smallest absolute Gasteiger partial charge is 0.188 e. The van der Waals surface area contributed by atoms with Gasteiger partial charge in [-0.25, -0.2) is 4.99 Å². The Morgan fingerprint density at radius 3 is 2.83 bits per heavy atom. The summed E-state index contributed by atoms with van der Waals surface area (Å²) in [7, 11) is 1.93. The molecule has 3 N–H and O–H groups in total. The SMILES string of the molecule is Cc1cc(CN=C(N)NCC2CCC2)n(C)n1.I. The lowest BCUT2D eigenvalue weighted by Crippen LogP contribution is -2.37. The number of nitrogens with one attached hydrogen (secondary N) is 1. The summed E-state index contributed by atoms with van der Waals surface area (Å²) in [5.41, 5.74) is 7.91. The standard InChI is InChI=1S/C12H21N5.HI/c1-9-6-11(17(2)16-9)8-15-12(13)14-7-10-4-3-5-10;/h6,10H,3-5,7-8H2,1-2H3,(H3,13,14,15);1H. The second kappa shape index (κ2) is 6.96. The van der Waals surface area contributed by atoms with Crippen LogP contribution in [0, 0.1) is 12.8 Å². The zero-order valence-corrected chi connectivity index (χ0v) is 13.3. The van der Waals surface area contributed by atoms with E-state index in [-0.39, 0.29) is 24.0 Å². The highest BCUT2D eigenvalue weighted by Crippen LogP contribution is 2.24. The van der Waals surface area contributed by atoms with E-state index >= 15 is 0 Å². The molecule has 102 valence electrons. The minimum absolute atomic E-state index is 0. The molecule has 0 amide bonds. The molecule has 1 fully saturated rings. The predicted molar refractivity (Wildman–Crippen MR) is 84.0 cm³/mol. The van der Waals surface area contributed by atoms with Crippen LogP contribution in [0.25, 0.3) is 0 Å². The minimum atomic E-state index is 0. The van der Waals surface area contributed by atoms with Crippen molar-refractivity contribution < 1.29 is 0 Å². The number of nitrogens with two attached hydrogens (primary N) is 1. The average Bonchev–Trinajstić information content (AvgIpc) is 2.52. The van der Waals surface area contributed by atoms with E-state index in [1.165, 1.54) is 19.3 Å². The molecule has 6 heteroatoms. The number of guanidine groups is 1. The first-order chi connectivity index (χ1) is 8.15. The van der Waals surface area contributed by atoms with E-state index in [0.717, 1.165) is 23.9 Å². The Morgan fingerprint density at radius 1 is 1.61 bits per heavy atom. The summed E-state index contributed by atoms with van der Waals surface area (Å²) in [4.78, 5) is 4.32. The van der Waals surface area contributed by atoms with Crippen molar-refractivity contribution in [1.82, 2.24) is 15.1 Å². The summed E-state index contributed by atoms with van der Waals surface area (Å²) in [6.07, 6.45) is 4.00. The average molecular weight is 363 g/mol. The van der Waals surface area contributed by atoms with E-state index in [9.17, 15) is 0 Å². The van der Waals surface area contributed by atoms with E-state index in [1.807, 2.05) is 24.7 Å². The number of aliphatic imine (C=N–C) groups is 1. The van der Waals surface area contributed by atoms with Crippen molar-refractivity contribution in [1.29, 1.82) is 0 Å². The highest BCUT2D eigenvalue weighted by molar-refractivity contribution is 14.0. The fourth-order valence-corrected chi connectivity index (χ4v) is 1.98.